The van der Waals surface area contributed by atoms with Gasteiger partial charge in [0.25, 0.3) is 0 Å². The number of carbonyl (C=O) groups is 1. The fourth-order valence-electron chi connectivity index (χ4n) is 2.57. The Balaban J connectivity index is 2.52. The summed E-state index contributed by atoms with van der Waals surface area (Å²) in [5, 5.41) is 9.94. The van der Waals surface area contributed by atoms with Crippen molar-refractivity contribution in [1.82, 2.24) is 0 Å². The molecule has 0 spiro atoms. The fourth-order valence-corrected chi connectivity index (χ4v) is 2.89. The van der Waals surface area contributed by atoms with Gasteiger partial charge in [-0.15, -0.1) is 0 Å². The van der Waals surface area contributed by atoms with Crippen LogP contribution in [0.15, 0.2) is 12.1 Å². The average Bonchev–Trinajstić information content (AvgIpc) is 2.26. The molecule has 0 heterocycles. The number of hydrogen-bond acceptors (Lipinski definition) is 2. The lowest BCUT2D eigenvalue weighted by Crippen LogP contribution is -2.42. The second-order valence-electron chi connectivity index (χ2n) is 4.74. The Morgan fingerprint density at radius 1 is 1.50 bits per heavy atom. The highest BCUT2D eigenvalue weighted by Crippen LogP contribution is 2.46. The van der Waals surface area contributed by atoms with Gasteiger partial charge in [0.2, 0.25) is 0 Å². The first-order chi connectivity index (χ1) is 8.55. The van der Waals surface area contributed by atoms with Crippen LogP contribution in [0, 0.1) is 0 Å². The number of methoxy groups -OCH3 is 1. The summed E-state index contributed by atoms with van der Waals surface area (Å²) in [7, 11) is 1.58. The van der Waals surface area contributed by atoms with Crippen molar-refractivity contribution in [3.63, 3.8) is 0 Å². The zero-order chi connectivity index (χ0) is 13.3. The van der Waals surface area contributed by atoms with Crippen LogP contribution in [0.1, 0.15) is 37.3 Å². The molecule has 0 aliphatic heterocycles. The Morgan fingerprint density at radius 2 is 2.17 bits per heavy atom. The van der Waals surface area contributed by atoms with E-state index in [9.17, 15) is 9.90 Å². The van der Waals surface area contributed by atoms with E-state index in [4.69, 9.17) is 16.3 Å². The Hall–Kier alpha value is -1.22. The molecule has 2 rings (SSSR count). The van der Waals surface area contributed by atoms with E-state index in [1.807, 2.05) is 13.0 Å². The number of hydrogen-bond donors (Lipinski definition) is 1. The predicted molar refractivity (Wildman–Crippen MR) is 70.5 cm³/mol. The molecule has 0 bridgehead atoms. The highest BCUT2D eigenvalue weighted by Gasteiger charge is 2.46. The van der Waals surface area contributed by atoms with Gasteiger partial charge < -0.3 is 9.84 Å². The molecule has 1 N–H and O–H groups in total. The topological polar surface area (TPSA) is 46.5 Å². The molecule has 98 valence electrons. The van der Waals surface area contributed by atoms with E-state index in [0.29, 0.717) is 23.6 Å². The number of carboxylic acid groups (broad SMARTS) is 1. The van der Waals surface area contributed by atoms with Crippen LogP contribution in [0.25, 0.3) is 0 Å². The van der Waals surface area contributed by atoms with Crippen molar-refractivity contribution >= 4 is 17.6 Å². The number of rotatable bonds is 4. The molecule has 0 amide bonds. The van der Waals surface area contributed by atoms with Gasteiger partial charge in [-0.3, -0.25) is 4.79 Å². The normalized spacial score (nSPS) is 17.1. The fraction of sp³-hybridized carbons (Fsp3) is 0.500. The summed E-state index contributed by atoms with van der Waals surface area (Å²) in [5.74, 6) is -0.0974. The number of halogens is 1. The molecule has 1 aliphatic rings. The van der Waals surface area contributed by atoms with Crippen LogP contribution in [-0.2, 0) is 16.6 Å². The van der Waals surface area contributed by atoms with E-state index in [-0.39, 0.29) is 0 Å². The molecule has 1 fully saturated rings. The maximum Gasteiger partial charge on any atom is 0.314 e. The van der Waals surface area contributed by atoms with Gasteiger partial charge in [0.15, 0.2) is 0 Å². The van der Waals surface area contributed by atoms with Crippen LogP contribution in [0.5, 0.6) is 5.75 Å². The van der Waals surface area contributed by atoms with Gasteiger partial charge in [0.1, 0.15) is 5.75 Å². The third kappa shape index (κ3) is 1.87. The molecular formula is C14H17ClO3. The number of carboxylic acids is 1. The minimum Gasteiger partial charge on any atom is -0.495 e. The highest BCUT2D eigenvalue weighted by molar-refractivity contribution is 6.32. The monoisotopic (exact) mass is 268 g/mol. The average molecular weight is 269 g/mol. The van der Waals surface area contributed by atoms with Crippen LogP contribution in [0.3, 0.4) is 0 Å². The van der Waals surface area contributed by atoms with Gasteiger partial charge in [0.05, 0.1) is 17.5 Å². The van der Waals surface area contributed by atoms with Crippen LogP contribution >= 0.6 is 11.6 Å². The molecule has 3 nitrogen and oxygen atoms in total. The lowest BCUT2D eigenvalue weighted by Gasteiger charge is -2.38. The second kappa shape index (κ2) is 4.81. The minimum atomic E-state index is -0.753. The molecule has 0 unspecified atom stereocenters. The standard InChI is InChI=1S/C14H17ClO3/c1-3-9-7-10(8-11(15)12(9)18-2)14(13(16)17)5-4-6-14/h7-8H,3-6H2,1-2H3,(H,16,17). The van der Waals surface area contributed by atoms with Gasteiger partial charge in [0, 0.05) is 0 Å². The van der Waals surface area contributed by atoms with Crippen molar-refractivity contribution in [3.8, 4) is 5.75 Å². The first kappa shape index (κ1) is 13.2. The molecule has 1 saturated carbocycles. The van der Waals surface area contributed by atoms with Gasteiger partial charge in [-0.05, 0) is 36.5 Å². The van der Waals surface area contributed by atoms with Crippen molar-refractivity contribution in [2.45, 2.75) is 38.0 Å². The maximum absolute atomic E-state index is 11.5. The molecule has 0 atom stereocenters. The Kier molecular flexibility index (Phi) is 3.53. The summed E-state index contributed by atoms with van der Waals surface area (Å²) >= 11 is 6.19. The van der Waals surface area contributed by atoms with Gasteiger partial charge in [-0.25, -0.2) is 0 Å². The van der Waals surface area contributed by atoms with Gasteiger partial charge in [-0.1, -0.05) is 31.0 Å². The summed E-state index contributed by atoms with van der Waals surface area (Å²) in [6.07, 6.45) is 3.10. The molecule has 1 aromatic carbocycles. The molecule has 1 aromatic rings. The van der Waals surface area contributed by atoms with Gasteiger partial charge in [-0.2, -0.15) is 0 Å². The highest BCUT2D eigenvalue weighted by atomic mass is 35.5. The van der Waals surface area contributed by atoms with Gasteiger partial charge >= 0.3 is 5.97 Å². The maximum atomic E-state index is 11.5. The third-order valence-corrected chi connectivity index (χ3v) is 4.16. The lowest BCUT2D eigenvalue weighted by atomic mass is 9.64. The number of aliphatic carboxylic acids is 1. The Bertz CT molecular complexity index is 478. The first-order valence-electron chi connectivity index (χ1n) is 6.15. The summed E-state index contributed by atoms with van der Waals surface area (Å²) in [4.78, 5) is 11.5. The predicted octanol–water partition coefficient (Wildman–Crippen LogP) is 3.42. The molecule has 0 aromatic heterocycles. The smallest absolute Gasteiger partial charge is 0.314 e. The zero-order valence-corrected chi connectivity index (χ0v) is 11.4. The Morgan fingerprint density at radius 3 is 2.56 bits per heavy atom. The van der Waals surface area contributed by atoms with E-state index in [0.717, 1.165) is 24.0 Å². The van der Waals surface area contributed by atoms with Crippen molar-refractivity contribution < 1.29 is 14.6 Å². The summed E-state index contributed by atoms with van der Waals surface area (Å²) < 4.78 is 5.27. The quantitative estimate of drug-likeness (QED) is 0.910. The van der Waals surface area contributed by atoms with Crippen LogP contribution in [0.4, 0.5) is 0 Å². The van der Waals surface area contributed by atoms with E-state index in [1.54, 1.807) is 13.2 Å². The van der Waals surface area contributed by atoms with Crippen molar-refractivity contribution in [1.29, 1.82) is 0 Å². The van der Waals surface area contributed by atoms with E-state index in [2.05, 4.69) is 0 Å². The van der Waals surface area contributed by atoms with E-state index in [1.165, 1.54) is 0 Å². The summed E-state index contributed by atoms with van der Waals surface area (Å²) in [6, 6.07) is 3.67. The molecule has 0 saturated heterocycles. The largest absolute Gasteiger partial charge is 0.495 e. The molecule has 0 radical (unpaired) electrons. The van der Waals surface area contributed by atoms with Crippen molar-refractivity contribution in [2.75, 3.05) is 7.11 Å². The van der Waals surface area contributed by atoms with E-state index < -0.39 is 11.4 Å². The molecule has 1 aliphatic carbocycles. The second-order valence-corrected chi connectivity index (χ2v) is 5.15. The first-order valence-corrected chi connectivity index (χ1v) is 6.53. The zero-order valence-electron chi connectivity index (χ0n) is 10.6. The van der Waals surface area contributed by atoms with Crippen molar-refractivity contribution in [2.24, 2.45) is 0 Å². The third-order valence-electron chi connectivity index (χ3n) is 3.87. The number of benzene rings is 1. The summed E-state index contributed by atoms with van der Waals surface area (Å²) in [6.45, 7) is 2.01. The van der Waals surface area contributed by atoms with Crippen LogP contribution < -0.4 is 4.74 Å². The van der Waals surface area contributed by atoms with Crippen LogP contribution in [0.2, 0.25) is 5.02 Å². The number of aryl methyl sites for hydroxylation is 1. The molecule has 4 heteroatoms. The van der Waals surface area contributed by atoms with Crippen LogP contribution in [-0.4, -0.2) is 18.2 Å². The molecule has 18 heavy (non-hydrogen) atoms. The number of ether oxygens (including phenoxy) is 1. The van der Waals surface area contributed by atoms with Crippen molar-refractivity contribution in [3.05, 3.63) is 28.3 Å². The SMILES string of the molecule is CCc1cc(C2(C(=O)O)CCC2)cc(Cl)c1OC. The summed E-state index contributed by atoms with van der Waals surface area (Å²) in [5.41, 5.74) is 1.04. The van der Waals surface area contributed by atoms with E-state index >= 15 is 0 Å². The minimum absolute atomic E-state index is 0.499. The Labute approximate surface area is 112 Å². The molecular weight excluding hydrogens is 252 g/mol. The lowest BCUT2D eigenvalue weighted by molar-refractivity contribution is -0.147.